The van der Waals surface area contributed by atoms with Crippen molar-refractivity contribution in [2.45, 2.75) is 6.92 Å². The number of hydrogen-bond acceptors (Lipinski definition) is 3. The van der Waals surface area contributed by atoms with E-state index < -0.39 is 0 Å². The van der Waals surface area contributed by atoms with E-state index in [0.717, 1.165) is 22.3 Å². The molecule has 2 heterocycles. The highest BCUT2D eigenvalue weighted by molar-refractivity contribution is 7.71. The van der Waals surface area contributed by atoms with E-state index in [1.807, 2.05) is 31.3 Å². The summed E-state index contributed by atoms with van der Waals surface area (Å²) in [7, 11) is 0. The van der Waals surface area contributed by atoms with Crippen molar-refractivity contribution in [2.75, 3.05) is 0 Å². The average molecular weight is 257 g/mol. The number of aryl methyl sites for hydroxylation is 1. The van der Waals surface area contributed by atoms with Gasteiger partial charge >= 0.3 is 0 Å². The third-order valence-corrected chi connectivity index (χ3v) is 3.01. The number of fused-ring (bicyclic) bond motifs is 1. The van der Waals surface area contributed by atoms with Gasteiger partial charge in [-0.05, 0) is 25.2 Å². The van der Waals surface area contributed by atoms with Crippen molar-refractivity contribution in [3.8, 4) is 0 Å². The third kappa shape index (κ3) is 1.76. The molecule has 1 aromatic carbocycles. The monoisotopic (exact) mass is 257 g/mol. The van der Waals surface area contributed by atoms with Crippen LogP contribution >= 0.6 is 12.2 Å². The Balaban J connectivity index is 2.05. The SMILES string of the molecule is Cc1n[nH]c(=S)n1/N=C/c1c[nH]c2ccccc12. The van der Waals surface area contributed by atoms with Gasteiger partial charge in [0.1, 0.15) is 5.82 Å². The van der Waals surface area contributed by atoms with Gasteiger partial charge in [-0.15, -0.1) is 0 Å². The van der Waals surface area contributed by atoms with E-state index >= 15 is 0 Å². The summed E-state index contributed by atoms with van der Waals surface area (Å²) in [5, 5.41) is 12.2. The molecule has 2 aromatic heterocycles. The van der Waals surface area contributed by atoms with Crippen molar-refractivity contribution < 1.29 is 0 Å². The minimum atomic E-state index is 0.489. The smallest absolute Gasteiger partial charge is 0.216 e. The molecule has 0 aliphatic rings. The van der Waals surface area contributed by atoms with Crippen LogP contribution in [-0.4, -0.2) is 26.1 Å². The van der Waals surface area contributed by atoms with E-state index in [9.17, 15) is 0 Å². The summed E-state index contributed by atoms with van der Waals surface area (Å²) in [5.41, 5.74) is 2.11. The van der Waals surface area contributed by atoms with E-state index in [4.69, 9.17) is 12.2 Å². The molecule has 0 aliphatic carbocycles. The lowest BCUT2D eigenvalue weighted by molar-refractivity contribution is 0.821. The van der Waals surface area contributed by atoms with Crippen molar-refractivity contribution in [3.05, 3.63) is 46.6 Å². The number of H-pyrrole nitrogens is 2. The van der Waals surface area contributed by atoms with Gasteiger partial charge in [-0.25, -0.2) is 0 Å². The lowest BCUT2D eigenvalue weighted by atomic mass is 10.2. The molecule has 3 rings (SSSR count). The van der Waals surface area contributed by atoms with Gasteiger partial charge < -0.3 is 4.98 Å². The summed E-state index contributed by atoms with van der Waals surface area (Å²) >= 11 is 5.09. The number of nitrogens with zero attached hydrogens (tertiary/aromatic N) is 3. The van der Waals surface area contributed by atoms with Gasteiger partial charge in [-0.3, -0.25) is 5.10 Å². The zero-order chi connectivity index (χ0) is 12.5. The quantitative estimate of drug-likeness (QED) is 0.547. The van der Waals surface area contributed by atoms with Crippen molar-refractivity contribution in [1.82, 2.24) is 19.9 Å². The summed E-state index contributed by atoms with van der Waals surface area (Å²) in [6, 6.07) is 8.08. The fourth-order valence-corrected chi connectivity index (χ4v) is 2.05. The van der Waals surface area contributed by atoms with Gasteiger partial charge in [-0.2, -0.15) is 14.9 Å². The molecular weight excluding hydrogens is 246 g/mol. The Kier molecular flexibility index (Phi) is 2.56. The molecule has 0 saturated carbocycles. The Labute approximate surface area is 108 Å². The molecule has 0 atom stereocenters. The molecule has 0 aliphatic heterocycles. The molecule has 3 aromatic rings. The van der Waals surface area contributed by atoms with E-state index in [1.165, 1.54) is 0 Å². The van der Waals surface area contributed by atoms with Crippen molar-refractivity contribution >= 4 is 29.3 Å². The molecule has 0 bridgehead atoms. The highest BCUT2D eigenvalue weighted by Gasteiger charge is 2.01. The maximum Gasteiger partial charge on any atom is 0.216 e. The molecule has 0 fully saturated rings. The molecule has 2 N–H and O–H groups in total. The topological polar surface area (TPSA) is 61.8 Å². The Hall–Kier alpha value is -2.21. The van der Waals surface area contributed by atoms with E-state index in [0.29, 0.717) is 4.77 Å². The summed E-state index contributed by atoms with van der Waals surface area (Å²) in [5.74, 6) is 0.732. The predicted octanol–water partition coefficient (Wildman–Crippen LogP) is 2.61. The van der Waals surface area contributed by atoms with E-state index in [2.05, 4.69) is 26.3 Å². The number of rotatable bonds is 2. The predicted molar refractivity (Wildman–Crippen MR) is 73.4 cm³/mol. The Morgan fingerprint density at radius 1 is 1.39 bits per heavy atom. The van der Waals surface area contributed by atoms with Crippen LogP contribution in [-0.2, 0) is 0 Å². The third-order valence-electron chi connectivity index (χ3n) is 2.75. The first kappa shape index (κ1) is 10.9. The minimum absolute atomic E-state index is 0.489. The summed E-state index contributed by atoms with van der Waals surface area (Å²) in [4.78, 5) is 3.20. The number of aromatic amines is 2. The van der Waals surface area contributed by atoms with Crippen LogP contribution in [0.1, 0.15) is 11.4 Å². The first-order chi connectivity index (χ1) is 8.75. The zero-order valence-electron chi connectivity index (χ0n) is 9.71. The number of hydrogen-bond donors (Lipinski definition) is 2. The van der Waals surface area contributed by atoms with Crippen LogP contribution in [0.3, 0.4) is 0 Å². The Morgan fingerprint density at radius 2 is 2.22 bits per heavy atom. The molecule has 0 spiro atoms. The van der Waals surface area contributed by atoms with Crippen molar-refractivity contribution in [2.24, 2.45) is 5.10 Å². The second-order valence-electron chi connectivity index (χ2n) is 3.92. The van der Waals surface area contributed by atoms with Crippen LogP contribution < -0.4 is 0 Å². The van der Waals surface area contributed by atoms with Crippen molar-refractivity contribution in [3.63, 3.8) is 0 Å². The average Bonchev–Trinajstić information content (AvgIpc) is 2.93. The molecule has 18 heavy (non-hydrogen) atoms. The van der Waals surface area contributed by atoms with Crippen LogP contribution in [0.2, 0.25) is 0 Å². The van der Waals surface area contributed by atoms with Gasteiger partial charge in [0.15, 0.2) is 0 Å². The van der Waals surface area contributed by atoms with Gasteiger partial charge in [0.25, 0.3) is 0 Å². The molecule has 90 valence electrons. The first-order valence-electron chi connectivity index (χ1n) is 5.50. The fraction of sp³-hybridized carbons (Fsp3) is 0.0833. The summed E-state index contributed by atoms with van der Waals surface area (Å²) in [6.07, 6.45) is 3.70. The van der Waals surface area contributed by atoms with Crippen molar-refractivity contribution in [1.29, 1.82) is 0 Å². The molecular formula is C12H11N5S. The van der Waals surface area contributed by atoms with E-state index in [1.54, 1.807) is 10.9 Å². The second kappa shape index (κ2) is 4.23. The van der Waals surface area contributed by atoms with Crippen LogP contribution in [0.4, 0.5) is 0 Å². The van der Waals surface area contributed by atoms with Crippen LogP contribution in [0.5, 0.6) is 0 Å². The molecule has 5 nitrogen and oxygen atoms in total. The largest absolute Gasteiger partial charge is 0.361 e. The minimum Gasteiger partial charge on any atom is -0.361 e. The lowest BCUT2D eigenvalue weighted by Gasteiger charge is -1.94. The molecule has 0 saturated heterocycles. The maximum atomic E-state index is 5.09. The number of aromatic nitrogens is 4. The van der Waals surface area contributed by atoms with Crippen LogP contribution in [0.25, 0.3) is 10.9 Å². The second-order valence-corrected chi connectivity index (χ2v) is 4.31. The fourth-order valence-electron chi connectivity index (χ4n) is 1.83. The normalized spacial score (nSPS) is 11.6. The van der Waals surface area contributed by atoms with Crippen LogP contribution in [0.15, 0.2) is 35.6 Å². The Morgan fingerprint density at radius 3 is 3.00 bits per heavy atom. The highest BCUT2D eigenvalue weighted by Crippen LogP contribution is 2.15. The Bertz CT molecular complexity index is 777. The number of nitrogens with one attached hydrogen (secondary N) is 2. The van der Waals surface area contributed by atoms with Gasteiger partial charge in [-0.1, -0.05) is 18.2 Å². The molecule has 0 radical (unpaired) electrons. The maximum absolute atomic E-state index is 5.09. The standard InChI is InChI=1S/C12H11N5S/c1-8-15-16-12(18)17(8)14-7-9-6-13-11-5-3-2-4-10(9)11/h2-7,13H,1H3,(H,16,18)/b14-7+. The summed E-state index contributed by atoms with van der Waals surface area (Å²) < 4.78 is 2.08. The van der Waals surface area contributed by atoms with Gasteiger partial charge in [0.05, 0.1) is 6.21 Å². The zero-order valence-corrected chi connectivity index (χ0v) is 10.5. The number of benzene rings is 1. The van der Waals surface area contributed by atoms with Gasteiger partial charge in [0, 0.05) is 22.7 Å². The van der Waals surface area contributed by atoms with Crippen LogP contribution in [0, 0.1) is 11.7 Å². The lowest BCUT2D eigenvalue weighted by Crippen LogP contribution is -1.93. The van der Waals surface area contributed by atoms with Gasteiger partial charge in [0.2, 0.25) is 4.77 Å². The van der Waals surface area contributed by atoms with E-state index in [-0.39, 0.29) is 0 Å². The first-order valence-corrected chi connectivity index (χ1v) is 5.91. The molecule has 0 unspecified atom stereocenters. The molecule has 6 heteroatoms. The summed E-state index contributed by atoms with van der Waals surface area (Å²) in [6.45, 7) is 1.85. The highest BCUT2D eigenvalue weighted by atomic mass is 32.1. The molecule has 0 amide bonds. The number of para-hydroxylation sites is 1.